The molecule has 0 fully saturated rings. The van der Waals surface area contributed by atoms with Gasteiger partial charge in [0.2, 0.25) is 0 Å². The Morgan fingerprint density at radius 3 is 2.65 bits per heavy atom. The van der Waals surface area contributed by atoms with E-state index in [1.165, 1.54) is 0 Å². The Morgan fingerprint density at radius 2 is 2.18 bits per heavy atom. The van der Waals surface area contributed by atoms with Crippen molar-refractivity contribution in [1.29, 1.82) is 5.26 Å². The number of nitriles is 1. The summed E-state index contributed by atoms with van der Waals surface area (Å²) in [6, 6.07) is 3.31. The number of aliphatic carboxylic acids is 1. The number of carboxylic acid groups (broad SMARTS) is 1. The lowest BCUT2D eigenvalue weighted by atomic mass is 10.2. The molecule has 1 aromatic rings. The van der Waals surface area contributed by atoms with Crippen LogP contribution in [0.1, 0.15) is 11.3 Å². The molecule has 1 heterocycles. The first-order valence-corrected chi connectivity index (χ1v) is 5.16. The summed E-state index contributed by atoms with van der Waals surface area (Å²) in [7, 11) is 0. The van der Waals surface area contributed by atoms with Crippen LogP contribution in [0.5, 0.6) is 0 Å². The number of aromatic nitrogens is 1. The van der Waals surface area contributed by atoms with Gasteiger partial charge in [-0.3, -0.25) is 4.79 Å². The Labute approximate surface area is 98.1 Å². The van der Waals surface area contributed by atoms with Crippen LogP contribution in [0.25, 0.3) is 0 Å². The summed E-state index contributed by atoms with van der Waals surface area (Å²) < 4.78 is 37.0. The lowest BCUT2D eigenvalue weighted by Crippen LogP contribution is -2.09. The molecule has 0 aliphatic rings. The number of pyridine rings is 1. The predicted octanol–water partition coefficient (Wildman–Crippen LogP) is 2.15. The first-order chi connectivity index (χ1) is 7.84. The molecule has 8 heteroatoms. The van der Waals surface area contributed by atoms with Gasteiger partial charge in [0, 0.05) is 0 Å². The average Bonchev–Trinajstić information content (AvgIpc) is 2.24. The van der Waals surface area contributed by atoms with Crippen molar-refractivity contribution >= 4 is 17.7 Å². The van der Waals surface area contributed by atoms with E-state index < -0.39 is 23.6 Å². The number of halogens is 3. The normalized spacial score (nSPS) is 10.9. The molecule has 1 N–H and O–H groups in total. The van der Waals surface area contributed by atoms with Gasteiger partial charge < -0.3 is 5.11 Å². The van der Waals surface area contributed by atoms with Gasteiger partial charge in [-0.15, -0.1) is 0 Å². The highest BCUT2D eigenvalue weighted by molar-refractivity contribution is 7.99. The molecule has 1 aromatic heterocycles. The molecule has 1 rings (SSSR count). The molecule has 4 nitrogen and oxygen atoms in total. The molecule has 0 spiro atoms. The van der Waals surface area contributed by atoms with Crippen LogP contribution >= 0.6 is 11.8 Å². The first kappa shape index (κ1) is 13.3. The first-order valence-electron chi connectivity index (χ1n) is 4.17. The second-order valence-electron chi connectivity index (χ2n) is 2.84. The Kier molecular flexibility index (Phi) is 3.96. The third kappa shape index (κ3) is 3.64. The Balaban J connectivity index is 3.08. The largest absolute Gasteiger partial charge is 0.481 e. The smallest absolute Gasteiger partial charge is 0.433 e. The van der Waals surface area contributed by atoms with Crippen molar-refractivity contribution in [1.82, 2.24) is 4.98 Å². The van der Waals surface area contributed by atoms with Gasteiger partial charge >= 0.3 is 12.1 Å². The zero-order valence-electron chi connectivity index (χ0n) is 8.15. The SMILES string of the molecule is N#Cc1ccc(C(F)(F)F)nc1SCC(=O)O. The second-order valence-corrected chi connectivity index (χ2v) is 3.81. The van der Waals surface area contributed by atoms with Crippen molar-refractivity contribution in [3.05, 3.63) is 23.4 Å². The van der Waals surface area contributed by atoms with Gasteiger partial charge in [0.25, 0.3) is 0 Å². The van der Waals surface area contributed by atoms with E-state index in [1.807, 2.05) is 0 Å². The highest BCUT2D eigenvalue weighted by Crippen LogP contribution is 2.30. The lowest BCUT2D eigenvalue weighted by Gasteiger charge is -2.08. The molecule has 0 unspecified atom stereocenters. The summed E-state index contributed by atoms with van der Waals surface area (Å²) in [5.74, 6) is -1.65. The van der Waals surface area contributed by atoms with Gasteiger partial charge in [-0.05, 0) is 12.1 Å². The summed E-state index contributed by atoms with van der Waals surface area (Å²) in [6.07, 6.45) is -4.62. The van der Waals surface area contributed by atoms with Crippen LogP contribution in [-0.4, -0.2) is 21.8 Å². The molecular formula is C9H5F3N2O2S. The number of hydrogen-bond donors (Lipinski definition) is 1. The number of alkyl halides is 3. The van der Waals surface area contributed by atoms with E-state index in [4.69, 9.17) is 10.4 Å². The molecule has 0 atom stereocenters. The fourth-order valence-electron chi connectivity index (χ4n) is 0.924. The fraction of sp³-hybridized carbons (Fsp3) is 0.222. The molecule has 0 saturated heterocycles. The summed E-state index contributed by atoms with van der Waals surface area (Å²) in [5, 5.41) is 16.8. The Morgan fingerprint density at radius 1 is 1.53 bits per heavy atom. The highest BCUT2D eigenvalue weighted by Gasteiger charge is 2.33. The van der Waals surface area contributed by atoms with Crippen molar-refractivity contribution in [2.45, 2.75) is 11.2 Å². The van der Waals surface area contributed by atoms with Gasteiger partial charge in [-0.25, -0.2) is 4.98 Å². The number of rotatable bonds is 3. The van der Waals surface area contributed by atoms with E-state index in [-0.39, 0.29) is 10.6 Å². The van der Waals surface area contributed by atoms with Gasteiger partial charge in [-0.2, -0.15) is 18.4 Å². The van der Waals surface area contributed by atoms with Crippen LogP contribution in [0.4, 0.5) is 13.2 Å². The Bertz CT molecular complexity index is 482. The summed E-state index contributed by atoms with van der Waals surface area (Å²) in [4.78, 5) is 13.5. The molecule has 90 valence electrons. The Hall–Kier alpha value is -1.75. The number of carboxylic acids is 1. The van der Waals surface area contributed by atoms with Crippen molar-refractivity contribution in [2.75, 3.05) is 5.75 Å². The average molecular weight is 262 g/mol. The number of hydrogen-bond acceptors (Lipinski definition) is 4. The fourth-order valence-corrected chi connectivity index (χ4v) is 1.62. The van der Waals surface area contributed by atoms with Crippen LogP contribution in [-0.2, 0) is 11.0 Å². The summed E-state index contributed by atoms with van der Waals surface area (Å²) >= 11 is 0.577. The van der Waals surface area contributed by atoms with Crippen LogP contribution in [0.3, 0.4) is 0 Å². The maximum Gasteiger partial charge on any atom is 0.433 e. The van der Waals surface area contributed by atoms with E-state index in [2.05, 4.69) is 4.98 Å². The molecule has 0 saturated carbocycles. The molecule has 0 radical (unpaired) electrons. The van der Waals surface area contributed by atoms with Crippen molar-refractivity contribution in [3.8, 4) is 6.07 Å². The molecule has 0 amide bonds. The van der Waals surface area contributed by atoms with Crippen LogP contribution < -0.4 is 0 Å². The number of nitrogens with zero attached hydrogens (tertiary/aromatic N) is 2. The third-order valence-electron chi connectivity index (χ3n) is 1.60. The minimum absolute atomic E-state index is 0.0794. The van der Waals surface area contributed by atoms with Gasteiger partial charge in [0.05, 0.1) is 11.3 Å². The summed E-state index contributed by atoms with van der Waals surface area (Å²) in [6.45, 7) is 0. The van der Waals surface area contributed by atoms with E-state index >= 15 is 0 Å². The zero-order chi connectivity index (χ0) is 13.1. The van der Waals surface area contributed by atoms with E-state index in [0.29, 0.717) is 17.8 Å². The van der Waals surface area contributed by atoms with E-state index in [9.17, 15) is 18.0 Å². The van der Waals surface area contributed by atoms with Crippen molar-refractivity contribution < 1.29 is 23.1 Å². The number of thioether (sulfide) groups is 1. The third-order valence-corrected chi connectivity index (χ3v) is 2.58. The summed E-state index contributed by atoms with van der Waals surface area (Å²) in [5.41, 5.74) is -1.23. The highest BCUT2D eigenvalue weighted by atomic mass is 32.2. The quantitative estimate of drug-likeness (QED) is 0.845. The number of carbonyl (C=O) groups is 1. The molecular weight excluding hydrogens is 257 g/mol. The van der Waals surface area contributed by atoms with Crippen LogP contribution in [0, 0.1) is 11.3 Å². The van der Waals surface area contributed by atoms with E-state index in [1.54, 1.807) is 6.07 Å². The van der Waals surface area contributed by atoms with Crippen LogP contribution in [0.15, 0.2) is 17.2 Å². The molecule has 17 heavy (non-hydrogen) atoms. The second kappa shape index (κ2) is 5.05. The minimum atomic E-state index is -4.62. The minimum Gasteiger partial charge on any atom is -0.481 e. The van der Waals surface area contributed by atoms with Crippen molar-refractivity contribution in [2.24, 2.45) is 0 Å². The lowest BCUT2D eigenvalue weighted by molar-refractivity contribution is -0.141. The molecule has 0 aliphatic carbocycles. The maximum absolute atomic E-state index is 12.3. The molecule has 0 aromatic carbocycles. The maximum atomic E-state index is 12.3. The van der Waals surface area contributed by atoms with E-state index in [0.717, 1.165) is 6.07 Å². The van der Waals surface area contributed by atoms with Crippen molar-refractivity contribution in [3.63, 3.8) is 0 Å². The van der Waals surface area contributed by atoms with Gasteiger partial charge in [0.1, 0.15) is 16.8 Å². The van der Waals surface area contributed by atoms with Gasteiger partial charge in [-0.1, -0.05) is 11.8 Å². The predicted molar refractivity (Wildman–Crippen MR) is 52.3 cm³/mol. The monoisotopic (exact) mass is 262 g/mol. The van der Waals surface area contributed by atoms with Gasteiger partial charge in [0.15, 0.2) is 0 Å². The topological polar surface area (TPSA) is 74.0 Å². The standard InChI is InChI=1S/C9H5F3N2O2S/c10-9(11,12)6-2-1-5(3-13)8(14-6)17-4-7(15)16/h1-2H,4H2,(H,15,16). The molecule has 0 bridgehead atoms. The zero-order valence-corrected chi connectivity index (χ0v) is 8.97. The molecule has 0 aliphatic heterocycles. The van der Waals surface area contributed by atoms with Crippen LogP contribution in [0.2, 0.25) is 0 Å².